The van der Waals surface area contributed by atoms with Crippen LogP contribution >= 0.6 is 0 Å². The Morgan fingerprint density at radius 1 is 0.306 bits per heavy atom. The summed E-state index contributed by atoms with van der Waals surface area (Å²) in [4.78, 5) is 35.2. The topological polar surface area (TPSA) is 109 Å². The van der Waals surface area contributed by atoms with Crippen LogP contribution in [0.25, 0.3) is 90.9 Å². The van der Waals surface area contributed by atoms with E-state index in [1.54, 1.807) is 0 Å². The van der Waals surface area contributed by atoms with Gasteiger partial charge in [0.1, 0.15) is 0 Å². The molecule has 49 heavy (non-hydrogen) atoms. The molecule has 234 valence electrons. The maximum absolute atomic E-state index is 5.29. The number of hydrogen-bond acceptors (Lipinski definition) is 6. The number of pyridine rings is 4. The number of rotatable bonds is 4. The first-order valence-corrected chi connectivity index (χ1v) is 15.6. The molecule has 9 heterocycles. The molecule has 8 bridgehead atoms. The predicted molar refractivity (Wildman–Crippen MR) is 192 cm³/mol. The minimum Gasteiger partial charge on any atom is -0.354 e. The van der Waals surface area contributed by atoms with Gasteiger partial charge < -0.3 is 9.97 Å². The maximum Gasteiger partial charge on any atom is 2.00 e. The first-order valence-electron chi connectivity index (χ1n) is 15.6. The van der Waals surface area contributed by atoms with E-state index in [9.17, 15) is 0 Å². The average Bonchev–Trinajstić information content (AvgIpc) is 3.98. The number of nitrogens with one attached hydrogen (secondary N) is 2. The molecule has 2 aliphatic heterocycles. The van der Waals surface area contributed by atoms with E-state index < -0.39 is 0 Å². The van der Waals surface area contributed by atoms with E-state index in [2.05, 4.69) is 78.5 Å². The zero-order valence-corrected chi connectivity index (χ0v) is 27.4. The monoisotopic (exact) mass is 724 g/mol. The van der Waals surface area contributed by atoms with Crippen molar-refractivity contribution in [3.63, 3.8) is 0 Å². The zero-order chi connectivity index (χ0) is 31.9. The molecule has 0 radical (unpaired) electrons. The molecule has 0 aliphatic carbocycles. The molecule has 0 unspecified atom stereocenters. The van der Waals surface area contributed by atoms with Gasteiger partial charge in [0.15, 0.2) is 0 Å². The molecule has 0 saturated heterocycles. The Labute approximate surface area is 295 Å². The summed E-state index contributed by atoms with van der Waals surface area (Å²) in [5.74, 6) is 0. The number of H-pyrrole nitrogens is 2. The fourth-order valence-electron chi connectivity index (χ4n) is 6.49. The molecule has 8 nitrogen and oxygen atoms in total. The molecule has 9 rings (SSSR count). The van der Waals surface area contributed by atoms with E-state index in [1.807, 2.05) is 98.1 Å². The van der Waals surface area contributed by atoms with Crippen LogP contribution in [0.1, 0.15) is 22.8 Å². The maximum atomic E-state index is 5.29. The standard InChI is InChI=1S/C40H26N8.Pd/c1-2-30-38(26-11-19-42-20-12-26)32-5-6-34(47-32)40(28-15-23-44-24-16-28)36-8-7-35(48-36)39(27-13-21-43-22-14-27)33-4-3-31(46-33)37(29(1)45-30)25-9-17-41-18-10-25;/h1-24,45,48H;/q;+2. The van der Waals surface area contributed by atoms with Crippen molar-refractivity contribution in [2.24, 2.45) is 0 Å². The zero-order valence-electron chi connectivity index (χ0n) is 25.9. The normalized spacial score (nSPS) is 11.8. The van der Waals surface area contributed by atoms with E-state index in [0.29, 0.717) is 0 Å². The van der Waals surface area contributed by atoms with E-state index in [0.717, 1.165) is 89.4 Å². The molecule has 0 spiro atoms. The molecule has 2 N–H and O–H groups in total. The van der Waals surface area contributed by atoms with Crippen molar-refractivity contribution in [3.05, 3.63) is 145 Å². The second kappa shape index (κ2) is 12.8. The van der Waals surface area contributed by atoms with Gasteiger partial charge in [-0.3, -0.25) is 19.9 Å². The van der Waals surface area contributed by atoms with Crippen molar-refractivity contribution >= 4 is 46.4 Å². The van der Waals surface area contributed by atoms with Gasteiger partial charge in [0.2, 0.25) is 0 Å². The Bertz CT molecular complexity index is 2190. The summed E-state index contributed by atoms with van der Waals surface area (Å²) in [6, 6.07) is 24.6. The van der Waals surface area contributed by atoms with Gasteiger partial charge in [0.25, 0.3) is 0 Å². The number of fused-ring (bicyclic) bond motifs is 8. The average molecular weight is 725 g/mol. The Hall–Kier alpha value is -6.14. The number of aromatic nitrogens is 8. The summed E-state index contributed by atoms with van der Waals surface area (Å²) >= 11 is 0. The van der Waals surface area contributed by atoms with E-state index >= 15 is 0 Å². The van der Waals surface area contributed by atoms with E-state index in [1.165, 1.54) is 0 Å². The molecule has 7 aromatic heterocycles. The van der Waals surface area contributed by atoms with Crippen LogP contribution in [0.2, 0.25) is 0 Å². The van der Waals surface area contributed by atoms with Crippen molar-refractivity contribution in [2.45, 2.75) is 0 Å². The van der Waals surface area contributed by atoms with Gasteiger partial charge in [-0.1, -0.05) is 0 Å². The van der Waals surface area contributed by atoms with Crippen molar-refractivity contribution in [1.82, 2.24) is 39.9 Å². The van der Waals surface area contributed by atoms with Crippen molar-refractivity contribution in [3.8, 4) is 44.5 Å². The molecule has 2 aliphatic rings. The van der Waals surface area contributed by atoms with Crippen LogP contribution in [-0.4, -0.2) is 39.9 Å². The fraction of sp³-hybridized carbons (Fsp3) is 0. The Kier molecular flexibility index (Phi) is 7.90. The fourth-order valence-corrected chi connectivity index (χ4v) is 6.49. The Morgan fingerprint density at radius 3 is 0.755 bits per heavy atom. The molecule has 0 fully saturated rings. The van der Waals surface area contributed by atoms with E-state index in [4.69, 9.17) is 9.97 Å². The molecule has 0 aromatic carbocycles. The summed E-state index contributed by atoms with van der Waals surface area (Å²) in [5, 5.41) is 0. The van der Waals surface area contributed by atoms with Crippen LogP contribution in [0.3, 0.4) is 0 Å². The number of nitrogens with zero attached hydrogens (tertiary/aromatic N) is 6. The van der Waals surface area contributed by atoms with Crippen LogP contribution in [0.15, 0.2) is 122 Å². The largest absolute Gasteiger partial charge is 2.00 e. The van der Waals surface area contributed by atoms with Gasteiger partial charge in [0, 0.05) is 93.9 Å². The molecule has 0 atom stereocenters. The third kappa shape index (κ3) is 5.51. The van der Waals surface area contributed by atoms with Crippen molar-refractivity contribution in [2.75, 3.05) is 0 Å². The first-order chi connectivity index (χ1) is 23.8. The van der Waals surface area contributed by atoms with Crippen molar-refractivity contribution in [1.29, 1.82) is 0 Å². The SMILES string of the molecule is C1=Cc2nc1c(-c1ccncc1)c1ccc([nH]1)c(-c1ccncc1)c1nc(c(-c3ccncc3)c3ccc([nH]3)c2-c2ccncc2)C=C1.[Pd+2]. The summed E-state index contributed by atoms with van der Waals surface area (Å²) in [7, 11) is 0. The second-order valence-electron chi connectivity index (χ2n) is 11.4. The van der Waals surface area contributed by atoms with Crippen LogP contribution in [0.4, 0.5) is 0 Å². The molecule has 0 amide bonds. The molecular weight excluding hydrogens is 699 g/mol. The van der Waals surface area contributed by atoms with Crippen LogP contribution < -0.4 is 0 Å². The van der Waals surface area contributed by atoms with Gasteiger partial charge in [-0.05, 0) is 119 Å². The smallest absolute Gasteiger partial charge is 0.354 e. The Balaban J connectivity index is 0.00000348. The summed E-state index contributed by atoms with van der Waals surface area (Å²) in [6.07, 6.45) is 22.8. The number of hydrogen-bond donors (Lipinski definition) is 2. The number of aromatic amines is 2. The van der Waals surface area contributed by atoms with Crippen LogP contribution in [-0.2, 0) is 20.4 Å². The minimum atomic E-state index is 0. The van der Waals surface area contributed by atoms with Gasteiger partial charge in [0.05, 0.1) is 22.8 Å². The van der Waals surface area contributed by atoms with Gasteiger partial charge in [-0.2, -0.15) is 0 Å². The van der Waals surface area contributed by atoms with Gasteiger partial charge in [-0.25, -0.2) is 9.97 Å². The van der Waals surface area contributed by atoms with Crippen LogP contribution in [0, 0.1) is 0 Å². The quantitative estimate of drug-likeness (QED) is 0.176. The first kappa shape index (κ1) is 30.2. The molecule has 9 heteroatoms. The van der Waals surface area contributed by atoms with Crippen molar-refractivity contribution < 1.29 is 20.4 Å². The van der Waals surface area contributed by atoms with Gasteiger partial charge in [-0.15, -0.1) is 0 Å². The summed E-state index contributed by atoms with van der Waals surface area (Å²) < 4.78 is 0. The minimum absolute atomic E-state index is 0. The summed E-state index contributed by atoms with van der Waals surface area (Å²) in [6.45, 7) is 0. The third-order valence-electron chi connectivity index (χ3n) is 8.63. The second-order valence-corrected chi connectivity index (χ2v) is 11.4. The summed E-state index contributed by atoms with van der Waals surface area (Å²) in [5.41, 5.74) is 15.0. The molecule has 0 saturated carbocycles. The predicted octanol–water partition coefficient (Wildman–Crippen LogP) is 8.90. The molecular formula is C40H26N8Pd+2. The van der Waals surface area contributed by atoms with Gasteiger partial charge >= 0.3 is 20.4 Å². The van der Waals surface area contributed by atoms with E-state index in [-0.39, 0.29) is 20.4 Å². The third-order valence-corrected chi connectivity index (χ3v) is 8.63. The van der Waals surface area contributed by atoms with Crippen LogP contribution in [0.5, 0.6) is 0 Å². The molecule has 7 aromatic rings. The Morgan fingerprint density at radius 2 is 0.531 bits per heavy atom.